The second kappa shape index (κ2) is 7.95. The lowest BCUT2D eigenvalue weighted by Crippen LogP contribution is -2.43. The van der Waals surface area contributed by atoms with Gasteiger partial charge in [0.2, 0.25) is 5.91 Å². The van der Waals surface area contributed by atoms with Crippen molar-refractivity contribution in [3.8, 4) is 0 Å². The first-order valence-electron chi connectivity index (χ1n) is 8.36. The van der Waals surface area contributed by atoms with Crippen LogP contribution < -0.4 is 0 Å². The number of hydrogen-bond acceptors (Lipinski definition) is 4. The maximum absolute atomic E-state index is 12.2. The highest BCUT2D eigenvalue weighted by Crippen LogP contribution is 2.40. The molecule has 2 saturated heterocycles. The average molecular weight is 320 g/mol. The molecule has 0 saturated carbocycles. The van der Waals surface area contributed by atoms with Gasteiger partial charge in [0.1, 0.15) is 0 Å². The first kappa shape index (κ1) is 15.0. The van der Waals surface area contributed by atoms with Crippen LogP contribution in [0.2, 0.25) is 0 Å². The Balaban J connectivity index is 1.60. The smallest absolute Gasteiger partial charge is 0.222 e. The molecule has 0 radical (unpaired) electrons. The Morgan fingerprint density at radius 1 is 1.45 bits per heavy atom. The Hall–Kier alpha value is 0.130. The van der Waals surface area contributed by atoms with Crippen LogP contribution in [-0.2, 0) is 4.79 Å². The van der Waals surface area contributed by atoms with E-state index in [1.165, 1.54) is 18.6 Å². The molecule has 1 N–H and O–H groups in total. The normalized spacial score (nSPS) is 26.6. The highest BCUT2D eigenvalue weighted by atomic mass is 33.1. The summed E-state index contributed by atoms with van der Waals surface area (Å²) in [7, 11) is 3.99. The Bertz CT molecular complexity index is 324. The van der Waals surface area contributed by atoms with Crippen LogP contribution in [0.15, 0.2) is 0 Å². The predicted molar refractivity (Wildman–Crippen MR) is 87.9 cm³/mol. The number of nitrogens with zero attached hydrogens (tertiary/aromatic N) is 1. The van der Waals surface area contributed by atoms with E-state index in [0.717, 1.165) is 30.9 Å². The van der Waals surface area contributed by atoms with Gasteiger partial charge in [0.05, 0.1) is 0 Å². The number of hydrogen-bond donors (Lipinski definition) is 1. The summed E-state index contributed by atoms with van der Waals surface area (Å²) in [5, 5.41) is 10.2. The van der Waals surface area contributed by atoms with E-state index >= 15 is 0 Å². The first-order chi connectivity index (χ1) is 10.2. The molecule has 2 rings (SSSR count). The molecule has 2 fully saturated rings. The molecular formula is C15H27NO2S2. The van der Waals surface area contributed by atoms with Crippen molar-refractivity contribution in [1.82, 2.24) is 4.90 Å². The third-order valence-corrected chi connectivity index (χ3v) is 7.41. The minimum atomic E-state index is -0.256. The number of piperidine rings is 1. The van der Waals surface area contributed by atoms with Crippen LogP contribution in [0.5, 0.6) is 0 Å². The molecular weight excluding hydrogens is 290 g/mol. The zero-order valence-corrected chi connectivity index (χ0v) is 13.8. The average Bonchev–Trinajstić information content (AvgIpc) is 3.05. The van der Waals surface area contributed by atoms with Gasteiger partial charge in [0.25, 0.3) is 0 Å². The topological polar surface area (TPSA) is 40.5 Å². The summed E-state index contributed by atoms with van der Waals surface area (Å²) in [4.78, 5) is 14.1. The third kappa shape index (κ3) is 4.85. The van der Waals surface area contributed by atoms with E-state index in [-0.39, 0.29) is 24.8 Å². The van der Waals surface area contributed by atoms with Gasteiger partial charge in [-0.05, 0) is 37.5 Å². The zero-order chi connectivity index (χ0) is 15.1. The second-order valence-corrected chi connectivity index (χ2v) is 8.90. The number of aliphatic hydroxyl groups is 1. The lowest BCUT2D eigenvalue weighted by molar-refractivity contribution is -0.133. The fourth-order valence-electron chi connectivity index (χ4n) is 2.76. The molecule has 2 heterocycles. The Labute approximate surface area is 132 Å². The summed E-state index contributed by atoms with van der Waals surface area (Å²) >= 11 is 0. The number of amides is 1. The summed E-state index contributed by atoms with van der Waals surface area (Å²) in [6.45, 7) is 1.78. The van der Waals surface area contributed by atoms with Crippen molar-refractivity contribution in [2.75, 3.05) is 25.4 Å². The Kier molecular flexibility index (Phi) is 5.98. The number of unbranched alkanes of at least 4 members (excludes halogenated alkanes) is 1. The standard InChI is InChI=1S/C15H27NO2S2/c1-15(12-17)7-9-16(10-8-15)14(18)5-3-2-4-13-6-11-19-20-13/h13,17H,2-12H2,1H3/t13-/m1/s1/i1T. The summed E-state index contributed by atoms with van der Waals surface area (Å²) in [6.07, 6.45) is 6.94. The number of rotatable bonds is 6. The fourth-order valence-corrected chi connectivity index (χ4v) is 5.79. The highest BCUT2D eigenvalue weighted by molar-refractivity contribution is 8.77. The molecule has 0 unspecified atom stereocenters. The molecule has 2 aliphatic rings. The van der Waals surface area contributed by atoms with E-state index in [0.29, 0.717) is 19.5 Å². The predicted octanol–water partition coefficient (Wildman–Crippen LogP) is 3.32. The largest absolute Gasteiger partial charge is 0.396 e. The van der Waals surface area contributed by atoms with E-state index in [9.17, 15) is 9.90 Å². The van der Waals surface area contributed by atoms with Gasteiger partial charge in [-0.2, -0.15) is 0 Å². The number of aliphatic hydroxyl groups excluding tert-OH is 1. The van der Waals surface area contributed by atoms with E-state index in [1.54, 1.807) is 0 Å². The van der Waals surface area contributed by atoms with E-state index in [2.05, 4.69) is 0 Å². The van der Waals surface area contributed by atoms with Crippen molar-refractivity contribution in [2.24, 2.45) is 5.41 Å². The molecule has 0 aromatic heterocycles. The van der Waals surface area contributed by atoms with Gasteiger partial charge in [0, 0.05) is 38.5 Å². The van der Waals surface area contributed by atoms with Crippen molar-refractivity contribution >= 4 is 27.5 Å². The molecule has 1 atom stereocenters. The van der Waals surface area contributed by atoms with E-state index in [1.807, 2.05) is 26.5 Å². The summed E-state index contributed by atoms with van der Waals surface area (Å²) < 4.78 is 7.57. The molecule has 116 valence electrons. The molecule has 5 heteroatoms. The molecule has 0 bridgehead atoms. The monoisotopic (exact) mass is 319 g/mol. The molecule has 2 aliphatic heterocycles. The SMILES string of the molecule is [3H]CC1(CO)CCN(C(=O)CCCC[C@@H]2CCSS2)CC1. The minimum Gasteiger partial charge on any atom is -0.396 e. The van der Waals surface area contributed by atoms with Crippen LogP contribution >= 0.6 is 21.6 Å². The number of carbonyl (C=O) groups excluding carboxylic acids is 1. The van der Waals surface area contributed by atoms with Gasteiger partial charge in [-0.1, -0.05) is 34.9 Å². The number of carbonyl (C=O) groups is 1. The maximum atomic E-state index is 12.2. The first-order valence-corrected chi connectivity index (χ1v) is 10.0. The Morgan fingerprint density at radius 3 is 2.85 bits per heavy atom. The molecule has 3 nitrogen and oxygen atoms in total. The summed E-state index contributed by atoms with van der Waals surface area (Å²) in [5.74, 6) is 1.55. The Morgan fingerprint density at radius 2 is 2.25 bits per heavy atom. The van der Waals surface area contributed by atoms with Gasteiger partial charge in [-0.3, -0.25) is 4.79 Å². The van der Waals surface area contributed by atoms with Crippen LogP contribution in [0, 0.1) is 5.41 Å². The second-order valence-electron chi connectivity index (χ2n) is 6.11. The van der Waals surface area contributed by atoms with Gasteiger partial charge in [-0.25, -0.2) is 0 Å². The molecule has 1 amide bonds. The highest BCUT2D eigenvalue weighted by Gasteiger charge is 2.30. The van der Waals surface area contributed by atoms with Gasteiger partial charge in [0.15, 0.2) is 0 Å². The van der Waals surface area contributed by atoms with Crippen LogP contribution in [0.3, 0.4) is 0 Å². The number of likely N-dealkylation sites (tertiary alicyclic amines) is 1. The molecule has 0 aliphatic carbocycles. The van der Waals surface area contributed by atoms with Crippen molar-refractivity contribution in [2.45, 2.75) is 57.1 Å². The zero-order valence-electron chi connectivity index (χ0n) is 13.2. The molecule has 20 heavy (non-hydrogen) atoms. The maximum Gasteiger partial charge on any atom is 0.222 e. The van der Waals surface area contributed by atoms with Crippen molar-refractivity contribution in [3.05, 3.63) is 0 Å². The lowest BCUT2D eigenvalue weighted by Gasteiger charge is -2.38. The summed E-state index contributed by atoms with van der Waals surface area (Å²) in [5.41, 5.74) is -0.256. The minimum absolute atomic E-state index is 0.0790. The third-order valence-electron chi connectivity index (χ3n) is 4.41. The van der Waals surface area contributed by atoms with Crippen LogP contribution in [0.4, 0.5) is 0 Å². The molecule has 0 aromatic rings. The lowest BCUT2D eigenvalue weighted by atomic mass is 9.81. The van der Waals surface area contributed by atoms with E-state index in [4.69, 9.17) is 1.37 Å². The van der Waals surface area contributed by atoms with Crippen molar-refractivity contribution in [3.63, 3.8) is 0 Å². The van der Waals surface area contributed by atoms with Crippen molar-refractivity contribution < 1.29 is 11.3 Å². The molecule has 0 spiro atoms. The van der Waals surface area contributed by atoms with Gasteiger partial charge in [-0.15, -0.1) is 0 Å². The van der Waals surface area contributed by atoms with E-state index < -0.39 is 0 Å². The molecule has 0 aromatic carbocycles. The quantitative estimate of drug-likeness (QED) is 0.602. The van der Waals surface area contributed by atoms with Gasteiger partial charge >= 0.3 is 0 Å². The fraction of sp³-hybridized carbons (Fsp3) is 0.933. The van der Waals surface area contributed by atoms with Crippen molar-refractivity contribution in [1.29, 1.82) is 0 Å². The van der Waals surface area contributed by atoms with Crippen LogP contribution in [-0.4, -0.2) is 46.6 Å². The van der Waals surface area contributed by atoms with Crippen LogP contribution in [0.25, 0.3) is 0 Å². The summed E-state index contributed by atoms with van der Waals surface area (Å²) in [6, 6.07) is 0. The van der Waals surface area contributed by atoms with Crippen LogP contribution in [0.1, 0.15) is 53.2 Å². The van der Waals surface area contributed by atoms with Gasteiger partial charge < -0.3 is 10.0 Å².